The van der Waals surface area contributed by atoms with Gasteiger partial charge in [0, 0.05) is 23.9 Å². The summed E-state index contributed by atoms with van der Waals surface area (Å²) < 4.78 is 119. The van der Waals surface area contributed by atoms with E-state index in [1.54, 1.807) is 24.3 Å². The van der Waals surface area contributed by atoms with Gasteiger partial charge >= 0.3 is 23.9 Å². The summed E-state index contributed by atoms with van der Waals surface area (Å²) in [7, 11) is 1.88. The Morgan fingerprint density at radius 1 is 0.652 bits per heavy atom. The molecule has 258 valence electrons. The normalized spacial score (nSPS) is 13.3. The lowest BCUT2D eigenvalue weighted by molar-refractivity contribution is -0.396. The predicted octanol–water partition coefficient (Wildman–Crippen LogP) is 10.3. The number of phenolic OH excluding ortho intramolecular Hbond substituents is 2. The Bertz CT molecular complexity index is 1400. The molecule has 0 atom stereocenters. The van der Waals surface area contributed by atoms with Crippen LogP contribution in [0.1, 0.15) is 69.8 Å². The third-order valence-electron chi connectivity index (χ3n) is 8.35. The molecule has 2 N–H and O–H groups in total. The molecule has 3 aromatic rings. The first-order valence-electron chi connectivity index (χ1n) is 15.4. The number of unbranched alkanes of at least 4 members (excludes halogenated alkanes) is 7. The summed E-state index contributed by atoms with van der Waals surface area (Å²) in [5.41, 5.74) is 4.08. The summed E-state index contributed by atoms with van der Waals surface area (Å²) in [6, 6.07) is 12.4. The van der Waals surface area contributed by atoms with Gasteiger partial charge in [0.05, 0.1) is 5.69 Å². The van der Waals surface area contributed by atoms with E-state index in [-0.39, 0.29) is 17.9 Å². The molecule has 0 fully saturated rings. The van der Waals surface area contributed by atoms with Crippen LogP contribution in [0.15, 0.2) is 42.5 Å². The van der Waals surface area contributed by atoms with Crippen molar-refractivity contribution in [1.82, 2.24) is 9.47 Å². The lowest BCUT2D eigenvalue weighted by atomic mass is 9.98. The Kier molecular flexibility index (Phi) is 12.4. The molecule has 2 aromatic carbocycles. The highest BCUT2D eigenvalue weighted by Gasteiger charge is 2.81. The quantitative estimate of drug-likeness (QED) is 0.105. The predicted molar refractivity (Wildman–Crippen MR) is 160 cm³/mol. The number of phenols is 2. The van der Waals surface area contributed by atoms with Gasteiger partial charge in [-0.05, 0) is 106 Å². The summed E-state index contributed by atoms with van der Waals surface area (Å²) in [6.45, 7) is 4.18. The zero-order chi connectivity index (χ0) is 34.3. The van der Waals surface area contributed by atoms with Crippen molar-refractivity contribution >= 4 is 10.9 Å². The van der Waals surface area contributed by atoms with Crippen LogP contribution in [0.3, 0.4) is 0 Å². The zero-order valence-electron chi connectivity index (χ0n) is 25.9. The molecule has 0 aliphatic heterocycles. The number of nitrogens with zero attached hydrogens (tertiary/aromatic N) is 2. The summed E-state index contributed by atoms with van der Waals surface area (Å²) in [5, 5.41) is 20.7. The average molecular weight is 669 g/mol. The smallest absolute Gasteiger partial charge is 0.460 e. The van der Waals surface area contributed by atoms with Crippen LogP contribution in [0.4, 0.5) is 39.5 Å². The highest BCUT2D eigenvalue weighted by atomic mass is 19.4. The van der Waals surface area contributed by atoms with Crippen molar-refractivity contribution in [3.8, 4) is 22.8 Å². The minimum Gasteiger partial charge on any atom is -0.508 e. The number of rotatable bonds is 18. The van der Waals surface area contributed by atoms with E-state index in [0.717, 1.165) is 72.9 Å². The van der Waals surface area contributed by atoms with Crippen molar-refractivity contribution in [1.29, 1.82) is 0 Å². The number of aromatic nitrogens is 1. The molecule has 1 aromatic heterocycles. The van der Waals surface area contributed by atoms with E-state index in [2.05, 4.69) is 4.57 Å². The number of fused-ring (bicyclic) bond motifs is 1. The summed E-state index contributed by atoms with van der Waals surface area (Å²) in [4.78, 5) is 2.04. The standard InChI is InChI=1S/C33H41F9N2O2/c1-23-27-22-26(46)16-17-28(27)44(29(23)24-12-14-25(45)15-13-24)21-11-6-3-5-9-19-43(2)20-10-7-4-8-18-30(34,35)31(36,37)32(38,39)33(40,41)42/h12-17,22,45-46H,3-11,18-21H2,1-2H3. The molecule has 0 unspecified atom stereocenters. The van der Waals surface area contributed by atoms with Crippen LogP contribution in [0.5, 0.6) is 11.5 Å². The van der Waals surface area contributed by atoms with E-state index in [1.165, 1.54) is 0 Å². The van der Waals surface area contributed by atoms with Crippen molar-refractivity contribution < 1.29 is 49.7 Å². The van der Waals surface area contributed by atoms with Gasteiger partial charge in [-0.1, -0.05) is 32.1 Å². The van der Waals surface area contributed by atoms with Crippen LogP contribution >= 0.6 is 0 Å². The highest BCUT2D eigenvalue weighted by molar-refractivity contribution is 5.92. The molecule has 46 heavy (non-hydrogen) atoms. The number of hydrogen-bond acceptors (Lipinski definition) is 3. The Morgan fingerprint density at radius 3 is 1.76 bits per heavy atom. The monoisotopic (exact) mass is 668 g/mol. The second-order valence-corrected chi connectivity index (χ2v) is 12.0. The van der Waals surface area contributed by atoms with Crippen molar-refractivity contribution in [2.45, 2.75) is 102 Å². The molecule has 3 rings (SSSR count). The van der Waals surface area contributed by atoms with Crippen LogP contribution in [0.2, 0.25) is 0 Å². The molecule has 0 saturated heterocycles. The van der Waals surface area contributed by atoms with Crippen LogP contribution < -0.4 is 0 Å². The first-order chi connectivity index (χ1) is 21.4. The SMILES string of the molecule is Cc1c(-c2ccc(O)cc2)n(CCCCCCCN(C)CCCCCCC(F)(F)C(F)(F)C(F)(F)C(F)(F)F)c2ccc(O)cc12. The molecular weight excluding hydrogens is 627 g/mol. The average Bonchev–Trinajstić information content (AvgIpc) is 3.24. The van der Waals surface area contributed by atoms with Gasteiger partial charge in [-0.15, -0.1) is 0 Å². The second-order valence-electron chi connectivity index (χ2n) is 12.0. The second kappa shape index (κ2) is 15.2. The molecular formula is C33H41F9N2O2. The summed E-state index contributed by atoms with van der Waals surface area (Å²) in [6.07, 6.45) is -3.40. The molecule has 0 spiro atoms. The molecule has 1 heterocycles. The van der Waals surface area contributed by atoms with Crippen molar-refractivity contribution in [2.24, 2.45) is 0 Å². The van der Waals surface area contributed by atoms with Crippen LogP contribution in [-0.2, 0) is 6.54 Å². The van der Waals surface area contributed by atoms with Gasteiger partial charge in [0.15, 0.2) is 0 Å². The number of halogens is 9. The third kappa shape index (κ3) is 8.63. The number of hydrogen-bond donors (Lipinski definition) is 2. The van der Waals surface area contributed by atoms with Gasteiger partial charge in [-0.2, -0.15) is 39.5 Å². The first-order valence-corrected chi connectivity index (χ1v) is 15.4. The molecule has 0 saturated carbocycles. The van der Waals surface area contributed by atoms with Gasteiger partial charge in [0.1, 0.15) is 11.5 Å². The topological polar surface area (TPSA) is 48.6 Å². The molecule has 0 amide bonds. The number of aryl methyl sites for hydroxylation is 2. The van der Waals surface area contributed by atoms with Crippen molar-refractivity contribution in [3.05, 3.63) is 48.0 Å². The van der Waals surface area contributed by atoms with Crippen molar-refractivity contribution in [3.63, 3.8) is 0 Å². The molecule has 13 heteroatoms. The van der Waals surface area contributed by atoms with Gasteiger partial charge in [-0.3, -0.25) is 0 Å². The largest absolute Gasteiger partial charge is 0.508 e. The third-order valence-corrected chi connectivity index (χ3v) is 8.35. The zero-order valence-corrected chi connectivity index (χ0v) is 25.9. The fourth-order valence-corrected chi connectivity index (χ4v) is 5.67. The minimum atomic E-state index is -6.83. The number of alkyl halides is 9. The molecule has 4 nitrogen and oxygen atoms in total. The molecule has 0 aliphatic rings. The highest BCUT2D eigenvalue weighted by Crippen LogP contribution is 2.54. The van der Waals surface area contributed by atoms with Gasteiger partial charge in [0.2, 0.25) is 0 Å². The maximum atomic E-state index is 13.6. The maximum Gasteiger partial charge on any atom is 0.460 e. The van der Waals surface area contributed by atoms with Crippen LogP contribution in [0, 0.1) is 6.92 Å². The molecule has 0 aliphatic carbocycles. The molecule has 0 radical (unpaired) electrons. The van der Waals surface area contributed by atoms with E-state index in [4.69, 9.17) is 0 Å². The van der Waals surface area contributed by atoms with Crippen molar-refractivity contribution in [2.75, 3.05) is 20.1 Å². The first kappa shape index (κ1) is 37.4. The number of benzene rings is 2. The van der Waals surface area contributed by atoms with Gasteiger partial charge in [0.25, 0.3) is 0 Å². The van der Waals surface area contributed by atoms with Crippen LogP contribution in [0.25, 0.3) is 22.2 Å². The summed E-state index contributed by atoms with van der Waals surface area (Å²) in [5.74, 6) is -18.5. The van der Waals surface area contributed by atoms with E-state index in [1.807, 2.05) is 37.1 Å². The van der Waals surface area contributed by atoms with Gasteiger partial charge < -0.3 is 19.7 Å². The number of aromatic hydroxyl groups is 2. The van der Waals surface area contributed by atoms with Crippen LogP contribution in [-0.4, -0.2) is 63.8 Å². The Hall–Kier alpha value is -3.09. The van der Waals surface area contributed by atoms with E-state index >= 15 is 0 Å². The summed E-state index contributed by atoms with van der Waals surface area (Å²) >= 11 is 0. The van der Waals surface area contributed by atoms with E-state index < -0.39 is 36.8 Å². The van der Waals surface area contributed by atoms with E-state index in [9.17, 15) is 49.7 Å². The fourth-order valence-electron chi connectivity index (χ4n) is 5.67. The Balaban J connectivity index is 1.35. The Labute approximate surface area is 262 Å². The minimum absolute atomic E-state index is 0.00290. The fraction of sp³-hybridized carbons (Fsp3) is 0.576. The van der Waals surface area contributed by atoms with E-state index in [0.29, 0.717) is 19.4 Å². The lowest BCUT2D eigenvalue weighted by Crippen LogP contribution is -2.60. The van der Waals surface area contributed by atoms with Gasteiger partial charge in [-0.25, -0.2) is 0 Å². The maximum absolute atomic E-state index is 13.6. The lowest BCUT2D eigenvalue weighted by Gasteiger charge is -2.33. The molecule has 0 bridgehead atoms. The Morgan fingerprint density at radius 2 is 1.17 bits per heavy atom.